The van der Waals surface area contributed by atoms with Crippen LogP contribution in [0.1, 0.15) is 38.2 Å². The minimum atomic E-state index is -0.556. The second kappa shape index (κ2) is 5.75. The molecule has 0 unspecified atom stereocenters. The van der Waals surface area contributed by atoms with Gasteiger partial charge in [0, 0.05) is 5.56 Å². The fourth-order valence-electron chi connectivity index (χ4n) is 1.59. The van der Waals surface area contributed by atoms with Crippen molar-refractivity contribution >= 4 is 23.1 Å². The number of hydrogen-bond acceptors (Lipinski definition) is 5. The topological polar surface area (TPSA) is 56.3 Å². The molecule has 2 aromatic rings. The van der Waals surface area contributed by atoms with Gasteiger partial charge in [0.1, 0.15) is 4.88 Å². The summed E-state index contributed by atoms with van der Waals surface area (Å²) in [6.07, 6.45) is 0. The molecule has 0 saturated heterocycles. The molecule has 0 aliphatic heterocycles. The molecule has 4 nitrogen and oxygen atoms in total. The molecule has 5 heteroatoms. The van der Waals surface area contributed by atoms with E-state index in [-0.39, 0.29) is 18.1 Å². The van der Waals surface area contributed by atoms with E-state index >= 15 is 0 Å². The van der Waals surface area contributed by atoms with Gasteiger partial charge in [0.2, 0.25) is 5.78 Å². The van der Waals surface area contributed by atoms with Crippen LogP contribution in [0.4, 0.5) is 0 Å². The Morgan fingerprint density at radius 3 is 2.58 bits per heavy atom. The number of carbonyl (C=O) groups excluding carboxylic acids is 2. The molecule has 0 bridgehead atoms. The number of hydrogen-bond donors (Lipinski definition) is 0. The van der Waals surface area contributed by atoms with Gasteiger partial charge in [-0.25, -0.2) is 9.78 Å². The van der Waals surface area contributed by atoms with Crippen molar-refractivity contribution in [2.75, 3.05) is 6.61 Å². The lowest BCUT2D eigenvalue weighted by atomic mass is 10.1. The molecule has 1 heterocycles. The summed E-state index contributed by atoms with van der Waals surface area (Å²) in [5.74, 6) is -0.759. The van der Waals surface area contributed by atoms with Crippen molar-refractivity contribution in [3.63, 3.8) is 0 Å². The average Bonchev–Trinajstić information content (AvgIpc) is 2.88. The van der Waals surface area contributed by atoms with Crippen molar-refractivity contribution in [3.05, 3.63) is 51.5 Å². The lowest BCUT2D eigenvalue weighted by Gasteiger charge is -2.02. The number of thiazole rings is 1. The first-order chi connectivity index (χ1) is 9.13. The highest BCUT2D eigenvalue weighted by Crippen LogP contribution is 2.19. The third kappa shape index (κ3) is 2.88. The van der Waals surface area contributed by atoms with E-state index in [9.17, 15) is 9.59 Å². The molecule has 0 aliphatic carbocycles. The minimum Gasteiger partial charge on any atom is -0.461 e. The number of aryl methyl sites for hydroxylation is 1. The monoisotopic (exact) mass is 275 g/mol. The van der Waals surface area contributed by atoms with E-state index in [1.807, 2.05) is 19.1 Å². The molecule has 2 rings (SSSR count). The Bertz CT molecular complexity index is 601. The van der Waals surface area contributed by atoms with Crippen molar-refractivity contribution in [1.29, 1.82) is 0 Å². The predicted molar refractivity (Wildman–Crippen MR) is 72.7 cm³/mol. The maximum absolute atomic E-state index is 12.3. The van der Waals surface area contributed by atoms with Crippen molar-refractivity contribution in [3.8, 4) is 0 Å². The molecule has 0 aliphatic rings. The molecule has 0 radical (unpaired) electrons. The van der Waals surface area contributed by atoms with Crippen LogP contribution in [0.15, 0.2) is 29.8 Å². The number of ether oxygens (including phenoxy) is 1. The Balaban J connectivity index is 2.32. The molecule has 1 aromatic carbocycles. The lowest BCUT2D eigenvalue weighted by Crippen LogP contribution is -2.11. The highest BCUT2D eigenvalue weighted by atomic mass is 32.1. The molecular formula is C14H13NO3S. The van der Waals surface area contributed by atoms with Gasteiger partial charge in [0.05, 0.1) is 12.1 Å². The molecule has 1 aromatic heterocycles. The summed E-state index contributed by atoms with van der Waals surface area (Å²) < 4.78 is 4.89. The first-order valence-corrected chi connectivity index (χ1v) is 6.73. The summed E-state index contributed by atoms with van der Waals surface area (Å²) in [5, 5.41) is 0. The van der Waals surface area contributed by atoms with Crippen molar-refractivity contribution in [1.82, 2.24) is 4.98 Å². The fraction of sp³-hybridized carbons (Fsp3) is 0.214. The van der Waals surface area contributed by atoms with Crippen LogP contribution in [-0.4, -0.2) is 23.3 Å². The predicted octanol–water partition coefficient (Wildman–Crippen LogP) is 2.86. The van der Waals surface area contributed by atoms with Crippen LogP contribution in [0, 0.1) is 6.92 Å². The van der Waals surface area contributed by atoms with Crippen LogP contribution in [0.3, 0.4) is 0 Å². The van der Waals surface area contributed by atoms with Gasteiger partial charge in [0.15, 0.2) is 5.69 Å². The molecule has 98 valence electrons. The van der Waals surface area contributed by atoms with E-state index in [0.29, 0.717) is 10.4 Å². The maximum Gasteiger partial charge on any atom is 0.358 e. The Morgan fingerprint density at radius 1 is 1.26 bits per heavy atom. The third-order valence-electron chi connectivity index (χ3n) is 2.56. The van der Waals surface area contributed by atoms with Gasteiger partial charge in [-0.15, -0.1) is 11.3 Å². The Morgan fingerprint density at radius 2 is 1.95 bits per heavy atom. The average molecular weight is 275 g/mol. The van der Waals surface area contributed by atoms with Gasteiger partial charge in [0.25, 0.3) is 0 Å². The number of esters is 1. The fourth-order valence-corrected chi connectivity index (χ4v) is 2.32. The Labute approximate surface area is 115 Å². The van der Waals surface area contributed by atoms with Crippen LogP contribution in [0.5, 0.6) is 0 Å². The van der Waals surface area contributed by atoms with Crippen molar-refractivity contribution < 1.29 is 14.3 Å². The van der Waals surface area contributed by atoms with Gasteiger partial charge in [-0.05, 0) is 13.8 Å². The van der Waals surface area contributed by atoms with Crippen molar-refractivity contribution in [2.24, 2.45) is 0 Å². The Kier molecular flexibility index (Phi) is 4.06. The minimum absolute atomic E-state index is 0.0948. The van der Waals surface area contributed by atoms with Crippen LogP contribution < -0.4 is 0 Å². The largest absolute Gasteiger partial charge is 0.461 e. The van der Waals surface area contributed by atoms with Crippen LogP contribution in [0.2, 0.25) is 0 Å². The number of ketones is 1. The molecule has 19 heavy (non-hydrogen) atoms. The number of carbonyl (C=O) groups is 2. The molecule has 0 fully saturated rings. The first-order valence-electron chi connectivity index (χ1n) is 5.85. The standard InChI is InChI=1S/C14H13NO3S/c1-3-18-14(17)11-13(19-8-15-11)12(16)10-6-4-9(2)5-7-10/h4-8H,3H2,1-2H3. The number of nitrogens with zero attached hydrogens (tertiary/aromatic N) is 1. The summed E-state index contributed by atoms with van der Waals surface area (Å²) in [7, 11) is 0. The molecule has 0 atom stereocenters. The smallest absolute Gasteiger partial charge is 0.358 e. The van der Waals surface area contributed by atoms with E-state index in [4.69, 9.17) is 4.74 Å². The SMILES string of the molecule is CCOC(=O)c1ncsc1C(=O)c1ccc(C)cc1. The van der Waals surface area contributed by atoms with E-state index in [0.717, 1.165) is 16.9 Å². The molecule has 0 amide bonds. The van der Waals surface area contributed by atoms with Crippen LogP contribution >= 0.6 is 11.3 Å². The number of aromatic nitrogens is 1. The number of benzene rings is 1. The second-order valence-electron chi connectivity index (χ2n) is 3.95. The van der Waals surface area contributed by atoms with Crippen LogP contribution in [-0.2, 0) is 4.74 Å². The molecular weight excluding hydrogens is 262 g/mol. The zero-order valence-corrected chi connectivity index (χ0v) is 11.5. The highest BCUT2D eigenvalue weighted by molar-refractivity contribution is 7.12. The summed E-state index contributed by atoms with van der Waals surface area (Å²) >= 11 is 1.15. The zero-order chi connectivity index (χ0) is 13.8. The van der Waals surface area contributed by atoms with Crippen molar-refractivity contribution in [2.45, 2.75) is 13.8 Å². The van der Waals surface area contributed by atoms with Gasteiger partial charge >= 0.3 is 5.97 Å². The highest BCUT2D eigenvalue weighted by Gasteiger charge is 2.22. The quantitative estimate of drug-likeness (QED) is 0.636. The summed E-state index contributed by atoms with van der Waals surface area (Å²) in [6.45, 7) is 3.92. The second-order valence-corrected chi connectivity index (χ2v) is 4.80. The van der Waals surface area contributed by atoms with Gasteiger partial charge < -0.3 is 4.74 Å². The van der Waals surface area contributed by atoms with E-state index in [1.165, 1.54) is 5.51 Å². The van der Waals surface area contributed by atoms with E-state index in [2.05, 4.69) is 4.98 Å². The maximum atomic E-state index is 12.3. The normalized spacial score (nSPS) is 10.2. The molecule has 0 saturated carbocycles. The van der Waals surface area contributed by atoms with Gasteiger partial charge in [-0.3, -0.25) is 4.79 Å². The van der Waals surface area contributed by atoms with Crippen LogP contribution in [0.25, 0.3) is 0 Å². The summed E-state index contributed by atoms with van der Waals surface area (Å²) in [6, 6.07) is 7.20. The number of rotatable bonds is 4. The lowest BCUT2D eigenvalue weighted by molar-refractivity contribution is 0.0517. The summed E-state index contributed by atoms with van der Waals surface area (Å²) in [4.78, 5) is 28.2. The summed E-state index contributed by atoms with van der Waals surface area (Å²) in [5.41, 5.74) is 3.19. The van der Waals surface area contributed by atoms with Gasteiger partial charge in [-0.2, -0.15) is 0 Å². The first kappa shape index (κ1) is 13.4. The Hall–Kier alpha value is -2.01. The van der Waals surface area contributed by atoms with Gasteiger partial charge in [-0.1, -0.05) is 29.8 Å². The van der Waals surface area contributed by atoms with E-state index < -0.39 is 5.97 Å². The molecule has 0 spiro atoms. The zero-order valence-electron chi connectivity index (χ0n) is 10.7. The third-order valence-corrected chi connectivity index (χ3v) is 3.38. The van der Waals surface area contributed by atoms with E-state index in [1.54, 1.807) is 19.1 Å². The molecule has 0 N–H and O–H groups in total.